The highest BCUT2D eigenvalue weighted by Crippen LogP contribution is 2.49. The first kappa shape index (κ1) is 32.8. The highest BCUT2D eigenvalue weighted by molar-refractivity contribution is 8.79. The van der Waals surface area contributed by atoms with E-state index in [1.54, 1.807) is 98.8 Å². The van der Waals surface area contributed by atoms with E-state index in [-0.39, 0.29) is 0 Å². The van der Waals surface area contributed by atoms with Crippen LogP contribution in [0.1, 0.15) is 0 Å². The third kappa shape index (κ3) is 14.3. The summed E-state index contributed by atoms with van der Waals surface area (Å²) in [5.41, 5.74) is 0. The fourth-order valence-corrected chi connectivity index (χ4v) is 16.3. The van der Waals surface area contributed by atoms with Crippen LogP contribution in [0.4, 0.5) is 0 Å². The van der Waals surface area contributed by atoms with Gasteiger partial charge in [-0.3, -0.25) is 0 Å². The van der Waals surface area contributed by atoms with Gasteiger partial charge in [0.2, 0.25) is 0 Å². The average Bonchev–Trinajstić information content (AvgIpc) is 3.76. The molecule has 2 saturated heterocycles. The minimum atomic E-state index is 0.912. The van der Waals surface area contributed by atoms with Crippen molar-refractivity contribution < 1.29 is 0 Å². The summed E-state index contributed by atoms with van der Waals surface area (Å²) in [6, 6.07) is 0. The Bertz CT molecular complexity index is 866. The Morgan fingerprint density at radius 3 is 1.08 bits per heavy atom. The first-order valence-corrected chi connectivity index (χ1v) is 24.9. The van der Waals surface area contributed by atoms with E-state index in [0.29, 0.717) is 0 Å². The third-order valence-electron chi connectivity index (χ3n) is 3.60. The monoisotopic (exact) mass is 776 g/mol. The molecular weight excluding hydrogens is 757 g/mol. The van der Waals surface area contributed by atoms with Gasteiger partial charge in [0.15, 0.2) is 26.0 Å². The summed E-state index contributed by atoms with van der Waals surface area (Å²) >= 11 is 21.1. The summed E-state index contributed by atoms with van der Waals surface area (Å²) in [6.45, 7) is 0. The predicted octanol–water partition coefficient (Wildman–Crippen LogP) is 8.48. The van der Waals surface area contributed by atoms with Crippen LogP contribution in [0.2, 0.25) is 0 Å². The van der Waals surface area contributed by atoms with Crippen molar-refractivity contribution in [2.75, 3.05) is 46.0 Å². The van der Waals surface area contributed by atoms with Gasteiger partial charge >= 0.3 is 0 Å². The van der Waals surface area contributed by atoms with Gasteiger partial charge in [-0.15, -0.1) is 30.6 Å². The highest BCUT2D eigenvalue weighted by Gasteiger charge is 2.25. The molecule has 2 unspecified atom stereocenters. The van der Waals surface area contributed by atoms with Crippen molar-refractivity contribution in [3.8, 4) is 0 Å². The molecule has 3 aromatic rings. The van der Waals surface area contributed by atoms with Crippen LogP contribution in [0, 0.1) is 0 Å². The average molecular weight is 777 g/mol. The molecule has 3 aliphatic rings. The number of thiol groups is 2. The summed E-state index contributed by atoms with van der Waals surface area (Å²) in [6.07, 6.45) is 0. The number of nitrogens with zero attached hydrogens (tertiary/aromatic N) is 6. The maximum Gasteiger partial charge on any atom is 0.186 e. The van der Waals surface area contributed by atoms with E-state index >= 15 is 0 Å². The van der Waals surface area contributed by atoms with Gasteiger partial charge in [-0.25, -0.2) is 0 Å². The van der Waals surface area contributed by atoms with Gasteiger partial charge < -0.3 is 0 Å². The minimum absolute atomic E-state index is 0.912. The zero-order valence-electron chi connectivity index (χ0n) is 18.7. The molecule has 6 rings (SSSR count). The predicted molar refractivity (Wildman–Crippen MR) is 190 cm³/mol. The quantitative estimate of drug-likeness (QED) is 0.0993. The standard InChI is InChI=1S/C6N6S9.C6H10S3.C4H10S3/c7-1-13-2(8-7)18-19-5-11-12-6(15-5)21-20-4-10-9-3(14-4)17-16-1;1(5-3-8-5)7-2-6-4-9-6;5-1-3-7-4-2-6/h;5-6H,1-4H2;5-6H,1-4H2. The zero-order chi connectivity index (χ0) is 25.7. The first-order valence-electron chi connectivity index (χ1n) is 10.4. The largest absolute Gasteiger partial charge is 0.186 e. The van der Waals surface area contributed by atoms with Crippen LogP contribution in [0.5, 0.6) is 0 Å². The molecule has 0 aromatic carbocycles. The number of rotatable bonds is 8. The van der Waals surface area contributed by atoms with E-state index in [4.69, 9.17) is 0 Å². The molecule has 0 radical (unpaired) electrons. The van der Waals surface area contributed by atoms with Gasteiger partial charge in [0.05, 0.1) is 0 Å². The highest BCUT2D eigenvalue weighted by atomic mass is 33.1. The lowest BCUT2D eigenvalue weighted by Crippen LogP contribution is -1.93. The number of hydrogen-bond donors (Lipinski definition) is 2. The Labute approximate surface area is 280 Å². The van der Waals surface area contributed by atoms with Gasteiger partial charge in [-0.2, -0.15) is 72.3 Å². The van der Waals surface area contributed by atoms with Gasteiger partial charge in [0, 0.05) is 45.0 Å². The Kier molecular flexibility index (Phi) is 17.0. The van der Waals surface area contributed by atoms with E-state index < -0.39 is 0 Å². The molecule has 204 valence electrons. The second-order valence-corrected chi connectivity index (χ2v) is 23.2. The molecule has 0 spiro atoms. The van der Waals surface area contributed by atoms with Crippen LogP contribution < -0.4 is 0 Å². The van der Waals surface area contributed by atoms with E-state index in [1.807, 2.05) is 11.8 Å². The van der Waals surface area contributed by atoms with Crippen molar-refractivity contribution >= 4 is 171 Å². The van der Waals surface area contributed by atoms with Gasteiger partial charge in [-0.05, 0) is 76.3 Å². The molecule has 0 aliphatic carbocycles. The summed E-state index contributed by atoms with van der Waals surface area (Å²) in [5.74, 6) is 9.99. The van der Waals surface area contributed by atoms with Crippen molar-refractivity contribution in [3.63, 3.8) is 0 Å². The van der Waals surface area contributed by atoms with Crippen molar-refractivity contribution in [1.29, 1.82) is 0 Å². The molecule has 3 aliphatic heterocycles. The summed E-state index contributed by atoms with van der Waals surface area (Å²) in [4.78, 5) is 0. The molecule has 3 aromatic heterocycles. The molecule has 0 N–H and O–H groups in total. The van der Waals surface area contributed by atoms with Crippen molar-refractivity contribution in [1.82, 2.24) is 30.6 Å². The van der Waals surface area contributed by atoms with E-state index in [1.165, 1.54) is 23.0 Å². The number of thioether (sulfide) groups is 4. The van der Waals surface area contributed by atoms with Crippen LogP contribution >= 0.6 is 171 Å². The second kappa shape index (κ2) is 19.2. The first-order chi connectivity index (χ1) is 18.2. The van der Waals surface area contributed by atoms with E-state index in [9.17, 15) is 0 Å². The van der Waals surface area contributed by atoms with Crippen LogP contribution in [-0.4, -0.2) is 87.1 Å². The Hall–Kier alpha value is 2.88. The Balaban J connectivity index is 0.000000165. The number of fused-ring (bicyclic) bond motifs is 6. The van der Waals surface area contributed by atoms with Gasteiger partial charge in [-0.1, -0.05) is 34.0 Å². The number of aromatic nitrogens is 6. The molecule has 37 heavy (non-hydrogen) atoms. The molecule has 2 atom stereocenters. The van der Waals surface area contributed by atoms with Crippen molar-refractivity contribution in [2.24, 2.45) is 0 Å². The summed E-state index contributed by atoms with van der Waals surface area (Å²) in [7, 11) is 9.37. The molecule has 21 heteroatoms. The maximum atomic E-state index is 4.16. The summed E-state index contributed by atoms with van der Waals surface area (Å²) in [5, 5.41) is 27.0. The molecular formula is C16H20N6S15. The fraction of sp³-hybridized carbons (Fsp3) is 0.625. The number of hydrogen-bond acceptors (Lipinski definition) is 21. The Morgan fingerprint density at radius 1 is 0.541 bits per heavy atom. The molecule has 6 bridgehead atoms. The van der Waals surface area contributed by atoms with E-state index in [0.717, 1.165) is 59.5 Å². The maximum absolute atomic E-state index is 4.16. The van der Waals surface area contributed by atoms with Crippen LogP contribution in [0.15, 0.2) is 26.0 Å². The van der Waals surface area contributed by atoms with E-state index in [2.05, 4.69) is 91.1 Å². The lowest BCUT2D eigenvalue weighted by molar-refractivity contribution is 0.954. The summed E-state index contributed by atoms with van der Waals surface area (Å²) < 4.78 is 5.47. The fourth-order valence-electron chi connectivity index (χ4n) is 1.90. The lowest BCUT2D eigenvalue weighted by atomic mass is 10.6. The SMILES string of the molecule is C(SCC1CS1)C1CS1.SCCSCCS.n1nc2sc1SSc1nnc(s1)SSc1nnc(s1)SS2. The zero-order valence-corrected chi connectivity index (χ0v) is 31.1. The van der Waals surface area contributed by atoms with Crippen molar-refractivity contribution in [3.05, 3.63) is 0 Å². The van der Waals surface area contributed by atoms with Crippen LogP contribution in [0.25, 0.3) is 0 Å². The van der Waals surface area contributed by atoms with Crippen LogP contribution in [-0.2, 0) is 0 Å². The molecule has 0 amide bonds. The molecule has 2 fully saturated rings. The third-order valence-corrected chi connectivity index (χ3v) is 20.9. The Morgan fingerprint density at radius 2 is 0.838 bits per heavy atom. The van der Waals surface area contributed by atoms with Gasteiger partial charge in [0.25, 0.3) is 0 Å². The normalized spacial score (nSPS) is 19.9. The molecule has 6 heterocycles. The lowest BCUT2D eigenvalue weighted by Gasteiger charge is -1.93. The minimum Gasteiger partial charge on any atom is -0.179 e. The second-order valence-electron chi connectivity index (χ2n) is 6.51. The topological polar surface area (TPSA) is 77.3 Å². The van der Waals surface area contributed by atoms with Crippen molar-refractivity contribution in [2.45, 2.75) is 36.5 Å². The molecule has 0 saturated carbocycles. The smallest absolute Gasteiger partial charge is 0.179 e. The van der Waals surface area contributed by atoms with Crippen LogP contribution in [0.3, 0.4) is 0 Å². The van der Waals surface area contributed by atoms with Gasteiger partial charge in [0.1, 0.15) is 0 Å². The molecule has 6 nitrogen and oxygen atoms in total.